The highest BCUT2D eigenvalue weighted by Crippen LogP contribution is 2.35. The monoisotopic (exact) mass is 291 g/mol. The molecule has 0 aliphatic rings. The first-order valence-corrected chi connectivity index (χ1v) is 7.79. The molecule has 104 valence electrons. The van der Waals surface area contributed by atoms with Crippen molar-refractivity contribution in [2.75, 3.05) is 5.32 Å². The van der Waals surface area contributed by atoms with Crippen molar-refractivity contribution in [3.63, 3.8) is 0 Å². The van der Waals surface area contributed by atoms with E-state index in [1.54, 1.807) is 11.8 Å². The minimum atomic E-state index is 1.14. The van der Waals surface area contributed by atoms with Crippen LogP contribution in [0.15, 0.2) is 88.7 Å². The quantitative estimate of drug-likeness (QED) is 0.643. The summed E-state index contributed by atoms with van der Waals surface area (Å²) >= 11 is 1.78. The first-order valence-electron chi connectivity index (χ1n) is 6.97. The number of aryl methyl sites for hydroxylation is 1. The number of anilines is 2. The fourth-order valence-electron chi connectivity index (χ4n) is 2.13. The van der Waals surface area contributed by atoms with Crippen LogP contribution in [0.25, 0.3) is 0 Å². The van der Waals surface area contributed by atoms with Crippen molar-refractivity contribution in [2.24, 2.45) is 0 Å². The third-order valence-corrected chi connectivity index (χ3v) is 4.36. The summed E-state index contributed by atoms with van der Waals surface area (Å²) < 4.78 is 0. The molecule has 0 heterocycles. The Morgan fingerprint density at radius 2 is 1.29 bits per heavy atom. The van der Waals surface area contributed by atoms with E-state index in [-0.39, 0.29) is 0 Å². The normalized spacial score (nSPS) is 10.3. The maximum Gasteiger partial charge on any atom is 0.0526 e. The van der Waals surface area contributed by atoms with Crippen molar-refractivity contribution in [2.45, 2.75) is 16.7 Å². The SMILES string of the molecule is Cc1ccccc1Nc1ccccc1Sc1ccccc1. The summed E-state index contributed by atoms with van der Waals surface area (Å²) in [5.41, 5.74) is 3.54. The molecule has 3 aromatic rings. The van der Waals surface area contributed by atoms with Crippen molar-refractivity contribution < 1.29 is 0 Å². The molecule has 0 amide bonds. The minimum Gasteiger partial charge on any atom is -0.354 e. The number of benzene rings is 3. The van der Waals surface area contributed by atoms with Crippen LogP contribution >= 0.6 is 11.8 Å². The molecule has 1 N–H and O–H groups in total. The van der Waals surface area contributed by atoms with E-state index in [1.165, 1.54) is 15.4 Å². The molecule has 0 fully saturated rings. The summed E-state index contributed by atoms with van der Waals surface area (Å²) in [7, 11) is 0. The number of para-hydroxylation sites is 2. The average Bonchev–Trinajstić information content (AvgIpc) is 2.52. The second-order valence-corrected chi connectivity index (χ2v) is 5.97. The van der Waals surface area contributed by atoms with E-state index in [0.717, 1.165) is 11.4 Å². The van der Waals surface area contributed by atoms with Crippen LogP contribution in [-0.2, 0) is 0 Å². The summed E-state index contributed by atoms with van der Waals surface area (Å²) in [6, 6.07) is 27.2. The van der Waals surface area contributed by atoms with E-state index in [2.05, 4.69) is 85.0 Å². The van der Waals surface area contributed by atoms with E-state index >= 15 is 0 Å². The summed E-state index contributed by atoms with van der Waals surface area (Å²) in [5, 5.41) is 3.54. The minimum absolute atomic E-state index is 1.14. The predicted octanol–water partition coefficient (Wildman–Crippen LogP) is 5.89. The van der Waals surface area contributed by atoms with Crippen molar-refractivity contribution >= 4 is 23.1 Å². The molecule has 0 aliphatic carbocycles. The van der Waals surface area contributed by atoms with Crippen LogP contribution in [0.1, 0.15) is 5.56 Å². The Morgan fingerprint density at radius 3 is 2.05 bits per heavy atom. The molecule has 0 spiro atoms. The molecule has 0 saturated carbocycles. The molecular weight excluding hydrogens is 274 g/mol. The lowest BCUT2D eigenvalue weighted by Crippen LogP contribution is -1.94. The predicted molar refractivity (Wildman–Crippen MR) is 91.5 cm³/mol. The van der Waals surface area contributed by atoms with Gasteiger partial charge in [0.1, 0.15) is 0 Å². The molecule has 21 heavy (non-hydrogen) atoms. The standard InChI is InChI=1S/C19H17NS/c1-15-9-5-6-12-17(15)20-18-13-7-8-14-19(18)21-16-10-3-2-4-11-16/h2-14,20H,1H3. The molecule has 3 aromatic carbocycles. The zero-order valence-electron chi connectivity index (χ0n) is 11.9. The third kappa shape index (κ3) is 3.47. The van der Waals surface area contributed by atoms with Gasteiger partial charge in [-0.3, -0.25) is 0 Å². The fraction of sp³-hybridized carbons (Fsp3) is 0.0526. The Hall–Kier alpha value is -2.19. The first-order chi connectivity index (χ1) is 10.3. The van der Waals surface area contributed by atoms with Gasteiger partial charge in [0.2, 0.25) is 0 Å². The molecule has 2 heteroatoms. The van der Waals surface area contributed by atoms with Crippen molar-refractivity contribution in [1.82, 2.24) is 0 Å². The van der Waals surface area contributed by atoms with E-state index in [9.17, 15) is 0 Å². The van der Waals surface area contributed by atoms with E-state index in [1.807, 2.05) is 6.07 Å². The summed E-state index contributed by atoms with van der Waals surface area (Å²) in [4.78, 5) is 2.48. The van der Waals surface area contributed by atoms with Gasteiger partial charge in [-0.05, 0) is 42.8 Å². The van der Waals surface area contributed by atoms with Gasteiger partial charge in [0.25, 0.3) is 0 Å². The molecular formula is C19H17NS. The van der Waals surface area contributed by atoms with Crippen LogP contribution in [0.4, 0.5) is 11.4 Å². The molecule has 1 nitrogen and oxygen atoms in total. The summed E-state index contributed by atoms with van der Waals surface area (Å²) in [6.07, 6.45) is 0. The van der Waals surface area contributed by atoms with Gasteiger partial charge < -0.3 is 5.32 Å². The number of nitrogens with one attached hydrogen (secondary N) is 1. The largest absolute Gasteiger partial charge is 0.354 e. The molecule has 0 atom stereocenters. The smallest absolute Gasteiger partial charge is 0.0526 e. The fourth-order valence-corrected chi connectivity index (χ4v) is 3.06. The second-order valence-electron chi connectivity index (χ2n) is 4.85. The lowest BCUT2D eigenvalue weighted by Gasteiger charge is -2.13. The maximum absolute atomic E-state index is 3.54. The Labute approximate surface area is 130 Å². The van der Waals surface area contributed by atoms with Crippen LogP contribution < -0.4 is 5.32 Å². The van der Waals surface area contributed by atoms with Crippen LogP contribution in [0.5, 0.6) is 0 Å². The van der Waals surface area contributed by atoms with E-state index in [0.29, 0.717) is 0 Å². The van der Waals surface area contributed by atoms with Gasteiger partial charge in [-0.1, -0.05) is 60.3 Å². The highest BCUT2D eigenvalue weighted by atomic mass is 32.2. The highest BCUT2D eigenvalue weighted by Gasteiger charge is 2.05. The van der Waals surface area contributed by atoms with Gasteiger partial charge in [0.05, 0.1) is 5.69 Å². The number of hydrogen-bond donors (Lipinski definition) is 1. The van der Waals surface area contributed by atoms with Crippen LogP contribution in [-0.4, -0.2) is 0 Å². The summed E-state index contributed by atoms with van der Waals surface area (Å²) in [5.74, 6) is 0. The highest BCUT2D eigenvalue weighted by molar-refractivity contribution is 7.99. The van der Waals surface area contributed by atoms with Gasteiger partial charge in [-0.25, -0.2) is 0 Å². The molecule has 0 unspecified atom stereocenters. The molecule has 0 saturated heterocycles. The van der Waals surface area contributed by atoms with Gasteiger partial charge in [-0.2, -0.15) is 0 Å². The topological polar surface area (TPSA) is 12.0 Å². The van der Waals surface area contributed by atoms with E-state index in [4.69, 9.17) is 0 Å². The molecule has 3 rings (SSSR count). The molecule has 0 aliphatic heterocycles. The van der Waals surface area contributed by atoms with Gasteiger partial charge in [0, 0.05) is 15.5 Å². The van der Waals surface area contributed by atoms with Crippen LogP contribution in [0, 0.1) is 6.92 Å². The van der Waals surface area contributed by atoms with Crippen molar-refractivity contribution in [3.8, 4) is 0 Å². The Morgan fingerprint density at radius 1 is 0.667 bits per heavy atom. The van der Waals surface area contributed by atoms with Crippen LogP contribution in [0.2, 0.25) is 0 Å². The molecule has 0 aromatic heterocycles. The van der Waals surface area contributed by atoms with Gasteiger partial charge >= 0.3 is 0 Å². The zero-order chi connectivity index (χ0) is 14.5. The Bertz CT molecular complexity index is 722. The zero-order valence-corrected chi connectivity index (χ0v) is 12.7. The van der Waals surface area contributed by atoms with Gasteiger partial charge in [0.15, 0.2) is 0 Å². The lowest BCUT2D eigenvalue weighted by molar-refractivity contribution is 1.36. The second kappa shape index (κ2) is 6.51. The Balaban J connectivity index is 1.88. The summed E-state index contributed by atoms with van der Waals surface area (Å²) in [6.45, 7) is 2.12. The first kappa shape index (κ1) is 13.8. The van der Waals surface area contributed by atoms with Crippen molar-refractivity contribution in [1.29, 1.82) is 0 Å². The third-order valence-electron chi connectivity index (χ3n) is 3.27. The van der Waals surface area contributed by atoms with E-state index < -0.39 is 0 Å². The average molecular weight is 291 g/mol. The lowest BCUT2D eigenvalue weighted by atomic mass is 10.2. The molecule has 0 radical (unpaired) electrons. The van der Waals surface area contributed by atoms with Crippen molar-refractivity contribution in [3.05, 3.63) is 84.4 Å². The van der Waals surface area contributed by atoms with Gasteiger partial charge in [-0.15, -0.1) is 0 Å². The molecule has 0 bridgehead atoms. The number of rotatable bonds is 4. The Kier molecular flexibility index (Phi) is 4.27. The number of hydrogen-bond acceptors (Lipinski definition) is 2. The maximum atomic E-state index is 3.54. The van der Waals surface area contributed by atoms with Crippen LogP contribution in [0.3, 0.4) is 0 Å².